The van der Waals surface area contributed by atoms with Crippen LogP contribution in [-0.4, -0.2) is 22.1 Å². The summed E-state index contributed by atoms with van der Waals surface area (Å²) in [5.74, 6) is 1.35. The molecule has 24 heavy (non-hydrogen) atoms. The van der Waals surface area contributed by atoms with E-state index < -0.39 is 0 Å². The number of methoxy groups -OCH3 is 1. The number of hydrogen-bond donors (Lipinski definition) is 3. The summed E-state index contributed by atoms with van der Waals surface area (Å²) in [6.07, 6.45) is 0. The van der Waals surface area contributed by atoms with Crippen molar-refractivity contribution in [2.24, 2.45) is 0 Å². The molecule has 6 heteroatoms. The number of benzene rings is 2. The van der Waals surface area contributed by atoms with Crippen LogP contribution in [0.1, 0.15) is 5.56 Å². The lowest BCUT2D eigenvalue weighted by Crippen LogP contribution is -2.01. The monoisotopic (exact) mass is 319 g/mol. The van der Waals surface area contributed by atoms with Gasteiger partial charge in [-0.2, -0.15) is 0 Å². The van der Waals surface area contributed by atoms with Gasteiger partial charge in [0.15, 0.2) is 0 Å². The molecule has 0 saturated heterocycles. The molecule has 120 valence electrons. The van der Waals surface area contributed by atoms with Gasteiger partial charge in [0.1, 0.15) is 0 Å². The number of imidazole rings is 1. The van der Waals surface area contributed by atoms with E-state index in [4.69, 9.17) is 10.5 Å². The molecule has 0 fully saturated rings. The molecule has 2 aromatic heterocycles. The van der Waals surface area contributed by atoms with Gasteiger partial charge in [-0.05, 0) is 42.0 Å². The van der Waals surface area contributed by atoms with Crippen LogP contribution < -0.4 is 15.8 Å². The molecule has 4 rings (SSSR count). The zero-order valence-corrected chi connectivity index (χ0v) is 13.2. The van der Waals surface area contributed by atoms with Crippen LogP contribution in [0.4, 0.5) is 11.6 Å². The Morgan fingerprint density at radius 2 is 1.92 bits per heavy atom. The molecule has 0 bridgehead atoms. The van der Waals surface area contributed by atoms with Crippen LogP contribution in [0.3, 0.4) is 0 Å². The third-order valence-corrected chi connectivity index (χ3v) is 3.90. The second-order valence-corrected chi connectivity index (χ2v) is 5.60. The topological polar surface area (TPSA) is 88.9 Å². The van der Waals surface area contributed by atoms with Crippen LogP contribution in [0.25, 0.3) is 21.9 Å². The second-order valence-electron chi connectivity index (χ2n) is 5.60. The van der Waals surface area contributed by atoms with E-state index in [0.29, 0.717) is 12.4 Å². The van der Waals surface area contributed by atoms with E-state index >= 15 is 0 Å². The number of H-pyrrole nitrogens is 1. The quantitative estimate of drug-likeness (QED) is 0.502. The molecule has 0 aliphatic heterocycles. The number of hydrogen-bond acceptors (Lipinski definition) is 5. The minimum absolute atomic E-state index is 0.620. The molecule has 0 saturated carbocycles. The summed E-state index contributed by atoms with van der Waals surface area (Å²) in [4.78, 5) is 12.1. The van der Waals surface area contributed by atoms with Crippen LogP contribution in [0.15, 0.2) is 48.5 Å². The van der Waals surface area contributed by atoms with Crippen molar-refractivity contribution in [3.05, 3.63) is 54.1 Å². The van der Waals surface area contributed by atoms with Gasteiger partial charge >= 0.3 is 0 Å². The third-order valence-electron chi connectivity index (χ3n) is 3.90. The lowest BCUT2D eigenvalue weighted by molar-refractivity contribution is 0.399. The summed E-state index contributed by atoms with van der Waals surface area (Å²) in [6.45, 7) is 0.664. The molecule has 0 spiro atoms. The average molecular weight is 319 g/mol. The van der Waals surface area contributed by atoms with Crippen molar-refractivity contribution in [3.8, 4) is 5.88 Å². The van der Waals surface area contributed by atoms with Crippen molar-refractivity contribution < 1.29 is 4.74 Å². The number of fused-ring (bicyclic) bond motifs is 2. The van der Waals surface area contributed by atoms with E-state index in [2.05, 4.69) is 26.3 Å². The van der Waals surface area contributed by atoms with Gasteiger partial charge in [0.25, 0.3) is 0 Å². The number of nitrogen functional groups attached to an aromatic ring is 1. The fourth-order valence-corrected chi connectivity index (χ4v) is 2.68. The van der Waals surface area contributed by atoms with E-state index in [0.717, 1.165) is 39.1 Å². The smallest absolute Gasteiger partial charge is 0.213 e. The Morgan fingerprint density at radius 3 is 2.79 bits per heavy atom. The Balaban J connectivity index is 1.54. The number of aromatic amines is 1. The van der Waals surface area contributed by atoms with Crippen LogP contribution in [0.2, 0.25) is 0 Å². The highest BCUT2D eigenvalue weighted by molar-refractivity contribution is 5.81. The average Bonchev–Trinajstić information content (AvgIpc) is 3.01. The molecule has 0 amide bonds. The van der Waals surface area contributed by atoms with Crippen molar-refractivity contribution in [1.29, 1.82) is 0 Å². The summed E-state index contributed by atoms with van der Waals surface area (Å²) in [6, 6.07) is 15.6. The number of pyridine rings is 1. The predicted octanol–water partition coefficient (Wildman–Crippen LogP) is 3.31. The summed E-state index contributed by atoms with van der Waals surface area (Å²) in [5, 5.41) is 4.38. The number of aromatic nitrogens is 3. The zero-order chi connectivity index (χ0) is 16.5. The summed E-state index contributed by atoms with van der Waals surface area (Å²) < 4.78 is 5.15. The van der Waals surface area contributed by atoms with Gasteiger partial charge in [-0.1, -0.05) is 6.07 Å². The highest BCUT2D eigenvalue weighted by Crippen LogP contribution is 2.20. The Morgan fingerprint density at radius 1 is 1.04 bits per heavy atom. The zero-order valence-electron chi connectivity index (χ0n) is 13.2. The highest BCUT2D eigenvalue weighted by Gasteiger charge is 2.04. The first-order valence-corrected chi connectivity index (χ1v) is 7.64. The molecule has 0 atom stereocenters. The van der Waals surface area contributed by atoms with E-state index in [1.54, 1.807) is 7.11 Å². The minimum Gasteiger partial charge on any atom is -0.481 e. The SMILES string of the molecule is COc1ccc2cc(CNc3nc4ccc(N)cc4[nH]3)ccc2n1. The Hall–Kier alpha value is -3.28. The van der Waals surface area contributed by atoms with E-state index in [-0.39, 0.29) is 0 Å². The van der Waals surface area contributed by atoms with Gasteiger partial charge in [0, 0.05) is 23.7 Å². The van der Waals surface area contributed by atoms with Crippen molar-refractivity contribution in [2.75, 3.05) is 18.2 Å². The number of nitrogens with zero attached hydrogens (tertiary/aromatic N) is 2. The van der Waals surface area contributed by atoms with Gasteiger partial charge in [-0.25, -0.2) is 9.97 Å². The van der Waals surface area contributed by atoms with Crippen LogP contribution in [0, 0.1) is 0 Å². The minimum atomic E-state index is 0.620. The highest BCUT2D eigenvalue weighted by atomic mass is 16.5. The number of anilines is 2. The van der Waals surface area contributed by atoms with E-state index in [1.165, 1.54) is 0 Å². The van der Waals surface area contributed by atoms with Gasteiger partial charge in [0.05, 0.1) is 23.7 Å². The van der Waals surface area contributed by atoms with Gasteiger partial charge in [-0.3, -0.25) is 0 Å². The lowest BCUT2D eigenvalue weighted by atomic mass is 10.1. The van der Waals surface area contributed by atoms with Gasteiger partial charge < -0.3 is 20.8 Å². The first kappa shape index (κ1) is 14.3. The van der Waals surface area contributed by atoms with Crippen molar-refractivity contribution in [2.45, 2.75) is 6.54 Å². The first-order chi connectivity index (χ1) is 11.7. The number of nitrogens with two attached hydrogens (primary N) is 1. The second kappa shape index (κ2) is 5.73. The van der Waals surface area contributed by atoms with E-state index in [9.17, 15) is 0 Å². The summed E-state index contributed by atoms with van der Waals surface area (Å²) in [7, 11) is 1.62. The molecule has 0 aliphatic rings. The van der Waals surface area contributed by atoms with Gasteiger partial charge in [0.2, 0.25) is 11.8 Å². The lowest BCUT2D eigenvalue weighted by Gasteiger charge is -2.06. The van der Waals surface area contributed by atoms with Crippen LogP contribution in [-0.2, 0) is 6.54 Å². The third kappa shape index (κ3) is 2.69. The molecule has 2 heterocycles. The van der Waals surface area contributed by atoms with Crippen molar-refractivity contribution >= 4 is 33.6 Å². The Bertz CT molecular complexity index is 1020. The Kier molecular flexibility index (Phi) is 3.42. The maximum Gasteiger partial charge on any atom is 0.213 e. The number of rotatable bonds is 4. The molecule has 4 N–H and O–H groups in total. The van der Waals surface area contributed by atoms with Crippen LogP contribution in [0.5, 0.6) is 5.88 Å². The molecule has 4 aromatic rings. The van der Waals surface area contributed by atoms with Crippen molar-refractivity contribution in [3.63, 3.8) is 0 Å². The standard InChI is InChI=1S/C18H17N5O/c1-24-17-7-3-12-8-11(2-5-14(12)21-17)10-20-18-22-15-6-4-13(19)9-16(15)23-18/h2-9H,10,19H2,1H3,(H2,20,22,23). The molecular formula is C18H17N5O. The largest absolute Gasteiger partial charge is 0.481 e. The van der Waals surface area contributed by atoms with Crippen LogP contribution >= 0.6 is 0 Å². The molecule has 6 nitrogen and oxygen atoms in total. The molecule has 0 aliphatic carbocycles. The normalized spacial score (nSPS) is 11.0. The molecule has 2 aromatic carbocycles. The van der Waals surface area contributed by atoms with Crippen molar-refractivity contribution in [1.82, 2.24) is 15.0 Å². The van der Waals surface area contributed by atoms with E-state index in [1.807, 2.05) is 42.5 Å². The first-order valence-electron chi connectivity index (χ1n) is 7.64. The van der Waals surface area contributed by atoms with Gasteiger partial charge in [-0.15, -0.1) is 0 Å². The molecular weight excluding hydrogens is 302 g/mol. The predicted molar refractivity (Wildman–Crippen MR) is 96.1 cm³/mol. The maximum absolute atomic E-state index is 5.79. The molecule has 0 unspecified atom stereocenters. The fraction of sp³-hybridized carbons (Fsp3) is 0.111. The molecule has 0 radical (unpaired) electrons. The number of nitrogens with one attached hydrogen (secondary N) is 2. The fourth-order valence-electron chi connectivity index (χ4n) is 2.68. The summed E-state index contributed by atoms with van der Waals surface area (Å²) in [5.41, 5.74) is 10.4. The number of ether oxygens (including phenoxy) is 1. The summed E-state index contributed by atoms with van der Waals surface area (Å²) >= 11 is 0. The maximum atomic E-state index is 5.79. The Labute approximate surface area is 138 Å².